The number of ketones is 1. The van der Waals surface area contributed by atoms with Crippen LogP contribution in [0.1, 0.15) is 191 Å². The molecule has 1 spiro atoms. The molecule has 13 rings (SSSR count). The van der Waals surface area contributed by atoms with Crippen molar-refractivity contribution in [2.75, 3.05) is 26.9 Å². The predicted octanol–water partition coefficient (Wildman–Crippen LogP) is 11.6. The van der Waals surface area contributed by atoms with E-state index in [1.54, 1.807) is 7.11 Å². The molecule has 10 heteroatoms. The number of hydrogen-bond donors (Lipinski definition) is 6. The Bertz CT molecular complexity index is 3040. The van der Waals surface area contributed by atoms with Gasteiger partial charge in [-0.1, -0.05) is 79.7 Å². The van der Waals surface area contributed by atoms with E-state index in [0.717, 1.165) is 129 Å². The third-order valence-corrected chi connectivity index (χ3v) is 21.7. The number of phenolic OH excluding ortho intramolecular Hbond substituents is 2. The summed E-state index contributed by atoms with van der Waals surface area (Å²) in [5.74, 6) is 9.04. The fraction of sp³-hybridized carbons (Fsp3) is 0.588. The number of phenols is 2. The summed E-state index contributed by atoms with van der Waals surface area (Å²) < 4.78 is 13.4. The standard InChI is InChI=1S/C68H83N3O7/c1-39-24-52-45-27-41(28-49(74)31-45)26-40-16-17-42-20-21-47-10-5-8-23-68(47,59(42)29-40)71-66(69)70-48-11-9-14-51-53(43-18-19-44-35-67(38-73)22-7-6-15-58(67)56(36-72)62(44)60(75)33-43)34-61(78-50-12-3-4-13-50)65(76)64(51)63-55(25-39)54(52)32-46(30-48)57(63)37-77-2/h7,16-17,22,27-29,31-32,34,39,43-44,46-48,50,52,55,57-58,63,72-74,76H,3-6,8,10-13,15,18-21,23-26,30,33,35-38H2,1-2H3,(H3,69,70,71)/t39-,43+,44+,46+,47-,48+,52+,55+,57+,58-,63+,67+,68-/m1/s1. The fourth-order valence-corrected chi connectivity index (χ4v) is 18.4. The van der Waals surface area contributed by atoms with Gasteiger partial charge in [-0.25, -0.2) is 4.99 Å². The fourth-order valence-electron chi connectivity index (χ4n) is 18.4. The van der Waals surface area contributed by atoms with E-state index < -0.39 is 5.41 Å². The molecular weight excluding hydrogens is 971 g/mol. The van der Waals surface area contributed by atoms with Crippen LogP contribution in [0.2, 0.25) is 0 Å². The number of guanidine groups is 1. The molecule has 13 atom stereocenters. The Labute approximate surface area is 462 Å². The average molecular weight is 1050 g/mol. The van der Waals surface area contributed by atoms with Crippen LogP contribution in [0.25, 0.3) is 0 Å². The van der Waals surface area contributed by atoms with Gasteiger partial charge in [0.25, 0.3) is 0 Å². The summed E-state index contributed by atoms with van der Waals surface area (Å²) in [6.45, 7) is 2.62. The van der Waals surface area contributed by atoms with Crippen molar-refractivity contribution in [1.82, 2.24) is 5.32 Å². The number of nitrogens with one attached hydrogen (secondary N) is 1. The normalized spacial score (nSPS) is 35.1. The molecule has 3 aromatic rings. The van der Waals surface area contributed by atoms with E-state index in [2.05, 4.69) is 72.6 Å². The largest absolute Gasteiger partial charge is 0.508 e. The van der Waals surface area contributed by atoms with Crippen LogP contribution >= 0.6 is 0 Å². The zero-order valence-corrected chi connectivity index (χ0v) is 46.2. The maximum absolute atomic E-state index is 15.3. The lowest BCUT2D eigenvalue weighted by atomic mass is 9.55. The molecule has 10 nitrogen and oxygen atoms in total. The van der Waals surface area contributed by atoms with Gasteiger partial charge in [-0.05, 0) is 214 Å². The minimum atomic E-state index is -0.493. The van der Waals surface area contributed by atoms with Crippen molar-refractivity contribution in [3.05, 3.63) is 122 Å². The molecule has 1 aliphatic heterocycles. The number of fused-ring (bicyclic) bond motifs is 11. The molecule has 3 aromatic carbocycles. The molecule has 0 unspecified atom stereocenters. The second-order valence-electron chi connectivity index (χ2n) is 26.2. The lowest BCUT2D eigenvalue weighted by molar-refractivity contribution is -0.116. The molecule has 0 aromatic heterocycles. The van der Waals surface area contributed by atoms with Crippen LogP contribution in [-0.4, -0.2) is 71.2 Å². The van der Waals surface area contributed by atoms with Crippen molar-refractivity contribution in [2.45, 2.75) is 177 Å². The molecule has 10 aliphatic rings. The van der Waals surface area contributed by atoms with Gasteiger partial charge >= 0.3 is 0 Å². The van der Waals surface area contributed by atoms with Gasteiger partial charge < -0.3 is 41.0 Å². The Balaban J connectivity index is 1.02. The lowest BCUT2D eigenvalue weighted by Gasteiger charge is -2.50. The molecular formula is C68H83N3O7. The van der Waals surface area contributed by atoms with Gasteiger partial charge in [0.15, 0.2) is 23.2 Å². The van der Waals surface area contributed by atoms with Crippen LogP contribution in [0.3, 0.4) is 0 Å². The lowest BCUT2D eigenvalue weighted by Crippen LogP contribution is -2.57. The number of carbonyl (C=O) groups excluding carboxylic acids is 1. The Morgan fingerprint density at radius 1 is 0.923 bits per heavy atom. The summed E-state index contributed by atoms with van der Waals surface area (Å²) in [6.07, 6.45) is 25.2. The highest BCUT2D eigenvalue weighted by atomic mass is 16.5. The number of aliphatic imine (C=N–C) groups is 1. The van der Waals surface area contributed by atoms with Crippen LogP contribution in [0, 0.1) is 58.7 Å². The molecule has 4 saturated carbocycles. The summed E-state index contributed by atoms with van der Waals surface area (Å²) in [6, 6.07) is 15.2. The zero-order chi connectivity index (χ0) is 53.5. The average Bonchev–Trinajstić information content (AvgIpc) is 3.63. The highest BCUT2D eigenvalue weighted by molar-refractivity contribution is 5.98. The smallest absolute Gasteiger partial charge is 0.189 e. The molecule has 412 valence electrons. The van der Waals surface area contributed by atoms with Crippen molar-refractivity contribution in [2.24, 2.45) is 57.6 Å². The summed E-state index contributed by atoms with van der Waals surface area (Å²) in [5.41, 5.74) is 18.2. The second kappa shape index (κ2) is 21.0. The van der Waals surface area contributed by atoms with E-state index in [-0.39, 0.29) is 102 Å². The van der Waals surface area contributed by atoms with Gasteiger partial charge in [0.2, 0.25) is 0 Å². The van der Waals surface area contributed by atoms with E-state index in [9.17, 15) is 20.4 Å². The summed E-state index contributed by atoms with van der Waals surface area (Å²) in [7, 11) is 1.80. The van der Waals surface area contributed by atoms with Gasteiger partial charge in [0, 0.05) is 53.9 Å². The Hall–Kier alpha value is -5.34. The third-order valence-electron chi connectivity index (χ3n) is 21.7. The third kappa shape index (κ3) is 9.05. The number of ether oxygens (including phenoxy) is 2. The highest BCUT2D eigenvalue weighted by Gasteiger charge is 2.52. The van der Waals surface area contributed by atoms with Gasteiger partial charge in [-0.15, -0.1) is 0 Å². The van der Waals surface area contributed by atoms with Gasteiger partial charge in [-0.2, -0.15) is 0 Å². The van der Waals surface area contributed by atoms with E-state index >= 15 is 4.79 Å². The maximum Gasteiger partial charge on any atom is 0.189 e. The van der Waals surface area contributed by atoms with Crippen LogP contribution in [0.15, 0.2) is 82.4 Å². The number of aliphatic hydroxyl groups excluding tert-OH is 2. The molecule has 78 heavy (non-hydrogen) atoms. The first-order valence-electron chi connectivity index (χ1n) is 30.4. The van der Waals surface area contributed by atoms with Crippen LogP contribution in [0.4, 0.5) is 0 Å². The van der Waals surface area contributed by atoms with Gasteiger partial charge in [0.1, 0.15) is 5.75 Å². The molecule has 4 fully saturated rings. The number of Topliss-reactive ketones (excluding diaryl/α,β-unsaturated/α-hetero) is 1. The first-order chi connectivity index (χ1) is 38.0. The Kier molecular flexibility index (Phi) is 14.0. The first kappa shape index (κ1) is 52.1. The number of methoxy groups -OCH3 is 1. The zero-order valence-electron chi connectivity index (χ0n) is 46.2. The number of allylic oxidation sites excluding steroid dienone is 4. The van der Waals surface area contributed by atoms with Gasteiger partial charge in [-0.3, -0.25) is 4.79 Å². The number of benzene rings is 3. The number of aryl methyl sites for hydroxylation is 1. The molecule has 1 heterocycles. The predicted molar refractivity (Wildman–Crippen MR) is 304 cm³/mol. The van der Waals surface area contributed by atoms with Crippen molar-refractivity contribution in [1.29, 1.82) is 0 Å². The van der Waals surface area contributed by atoms with Crippen molar-refractivity contribution in [3.8, 4) is 29.1 Å². The Morgan fingerprint density at radius 2 is 1.77 bits per heavy atom. The maximum atomic E-state index is 15.3. The molecule has 0 radical (unpaired) electrons. The van der Waals surface area contributed by atoms with Crippen molar-refractivity contribution < 1.29 is 34.7 Å². The highest BCUT2D eigenvalue weighted by Crippen LogP contribution is 2.61. The molecule has 9 aliphatic carbocycles. The first-order valence-corrected chi connectivity index (χ1v) is 30.4. The minimum absolute atomic E-state index is 0.000968. The van der Waals surface area contributed by atoms with E-state index in [0.29, 0.717) is 62.3 Å². The minimum Gasteiger partial charge on any atom is -0.508 e. The molecule has 8 bridgehead atoms. The summed E-state index contributed by atoms with van der Waals surface area (Å²) in [4.78, 5) is 20.8. The number of aliphatic hydroxyl groups is 2. The SMILES string of the molecule is COC[C@@H]1[C@H]2c3c(O)c(OC4CCCC4)cc([C@H]4CC[C@H]5C[C@]6(CO)C=CCC[C@@H]6C(CO)=C5C(=O)C4)c3C#CC[C@H]3C[C@H]1C=C1[C@@H](C[C@@H](C)C[C@@H]12)c1cc(O)cc(c1)Cc1ccc2c(c1)[C@]1(CCCC[C@@H]1CC2)NC(N)=N3. The van der Waals surface area contributed by atoms with E-state index in [4.69, 9.17) is 20.2 Å². The van der Waals surface area contributed by atoms with Crippen molar-refractivity contribution in [3.63, 3.8) is 0 Å². The number of rotatable bonds is 7. The summed E-state index contributed by atoms with van der Waals surface area (Å²) in [5, 5.41) is 51.4. The van der Waals surface area contributed by atoms with Crippen molar-refractivity contribution >= 4 is 11.7 Å². The monoisotopic (exact) mass is 1050 g/mol. The van der Waals surface area contributed by atoms with Crippen LogP contribution in [-0.2, 0) is 27.9 Å². The number of nitrogens with two attached hydrogens (primary N) is 1. The van der Waals surface area contributed by atoms with E-state index in [1.165, 1.54) is 28.7 Å². The van der Waals surface area contributed by atoms with E-state index in [1.807, 2.05) is 12.1 Å². The van der Waals surface area contributed by atoms with Crippen LogP contribution < -0.4 is 15.8 Å². The number of nitrogens with zero attached hydrogens (tertiary/aromatic N) is 1. The van der Waals surface area contributed by atoms with Gasteiger partial charge in [0.05, 0.1) is 37.5 Å². The second-order valence-corrected chi connectivity index (χ2v) is 26.2. The number of carbonyl (C=O) groups is 1. The quantitative estimate of drug-likeness (QED) is 0.0997. The topological polar surface area (TPSA) is 167 Å². The Morgan fingerprint density at radius 3 is 2.60 bits per heavy atom. The number of hydrogen-bond acceptors (Lipinski definition) is 10. The molecule has 0 saturated heterocycles. The molecule has 0 amide bonds. The van der Waals surface area contributed by atoms with Crippen LogP contribution in [0.5, 0.6) is 17.2 Å². The molecule has 7 N–H and O–H groups in total. The number of aromatic hydroxyl groups is 2. The summed E-state index contributed by atoms with van der Waals surface area (Å²) >= 11 is 0.